The molecule has 1 aromatic carbocycles. The van der Waals surface area contributed by atoms with Crippen molar-refractivity contribution in [2.45, 2.75) is 46.1 Å². The van der Waals surface area contributed by atoms with Crippen LogP contribution in [0.2, 0.25) is 0 Å². The minimum atomic E-state index is 0.0661. The van der Waals surface area contributed by atoms with Crippen molar-refractivity contribution in [2.75, 3.05) is 11.9 Å². The number of rotatable bonds is 5. The van der Waals surface area contributed by atoms with Gasteiger partial charge in [-0.3, -0.25) is 4.79 Å². The van der Waals surface area contributed by atoms with E-state index in [0.717, 1.165) is 48.5 Å². The van der Waals surface area contributed by atoms with Gasteiger partial charge in [-0.15, -0.1) is 0 Å². The molecule has 0 radical (unpaired) electrons. The van der Waals surface area contributed by atoms with Gasteiger partial charge in [0.05, 0.1) is 0 Å². The van der Waals surface area contributed by atoms with Crippen molar-refractivity contribution in [3.63, 3.8) is 0 Å². The van der Waals surface area contributed by atoms with Crippen LogP contribution in [0.15, 0.2) is 18.2 Å². The number of carbonyl (C=O) groups excluding carboxylic acids is 1. The summed E-state index contributed by atoms with van der Waals surface area (Å²) in [6.45, 7) is 7.32. The minimum Gasteiger partial charge on any atom is -0.385 e. The van der Waals surface area contributed by atoms with Gasteiger partial charge in [0.25, 0.3) is 5.91 Å². The number of anilines is 1. The van der Waals surface area contributed by atoms with E-state index in [2.05, 4.69) is 24.5 Å². The molecule has 0 aromatic heterocycles. The van der Waals surface area contributed by atoms with Crippen molar-refractivity contribution < 1.29 is 4.79 Å². The Morgan fingerprint density at radius 2 is 2.11 bits per heavy atom. The second-order valence-corrected chi connectivity index (χ2v) is 5.70. The highest BCUT2D eigenvalue weighted by Crippen LogP contribution is 2.26. The van der Waals surface area contributed by atoms with Crippen LogP contribution >= 0.6 is 0 Å². The summed E-state index contributed by atoms with van der Waals surface area (Å²) in [5, 5.41) is 6.45. The third kappa shape index (κ3) is 3.49. The van der Waals surface area contributed by atoms with Gasteiger partial charge in [-0.05, 0) is 55.9 Å². The fraction of sp³-hybridized carbons (Fsp3) is 0.562. The van der Waals surface area contributed by atoms with E-state index < -0.39 is 0 Å². The molecular formula is C16H24N2O. The van der Waals surface area contributed by atoms with Crippen molar-refractivity contribution in [3.8, 4) is 0 Å². The Morgan fingerprint density at radius 3 is 2.68 bits per heavy atom. The minimum absolute atomic E-state index is 0.0661. The molecule has 3 heteroatoms. The largest absolute Gasteiger partial charge is 0.385 e. The lowest BCUT2D eigenvalue weighted by Gasteiger charge is -2.33. The molecule has 19 heavy (non-hydrogen) atoms. The van der Waals surface area contributed by atoms with E-state index in [9.17, 15) is 4.79 Å². The number of hydrogen-bond acceptors (Lipinski definition) is 2. The van der Waals surface area contributed by atoms with Crippen molar-refractivity contribution in [3.05, 3.63) is 29.3 Å². The fourth-order valence-corrected chi connectivity index (χ4v) is 2.58. The Labute approximate surface area is 115 Å². The molecule has 2 N–H and O–H groups in total. The van der Waals surface area contributed by atoms with Gasteiger partial charge < -0.3 is 10.6 Å². The summed E-state index contributed by atoms with van der Waals surface area (Å²) in [4.78, 5) is 12.2. The van der Waals surface area contributed by atoms with Crippen LogP contribution in [0, 0.1) is 12.8 Å². The van der Waals surface area contributed by atoms with E-state index >= 15 is 0 Å². The number of hydrogen-bond donors (Lipinski definition) is 2. The fourth-order valence-electron chi connectivity index (χ4n) is 2.58. The summed E-state index contributed by atoms with van der Waals surface area (Å²) >= 11 is 0. The predicted octanol–water partition coefficient (Wildman–Crippen LogP) is 3.35. The lowest BCUT2D eigenvalue weighted by molar-refractivity contribution is 0.0895. The molecule has 0 aliphatic heterocycles. The number of nitrogens with one attached hydrogen (secondary N) is 2. The normalized spacial score (nSPS) is 21.6. The average molecular weight is 260 g/mol. The van der Waals surface area contributed by atoms with Crippen LogP contribution in [0.25, 0.3) is 0 Å². The summed E-state index contributed by atoms with van der Waals surface area (Å²) in [5.74, 6) is 0.823. The lowest BCUT2D eigenvalue weighted by atomic mass is 9.82. The van der Waals surface area contributed by atoms with Crippen molar-refractivity contribution in [2.24, 2.45) is 5.92 Å². The topological polar surface area (TPSA) is 41.1 Å². The highest BCUT2D eigenvalue weighted by atomic mass is 16.1. The van der Waals surface area contributed by atoms with Crippen molar-refractivity contribution in [1.29, 1.82) is 0 Å². The molecule has 0 saturated heterocycles. The van der Waals surface area contributed by atoms with Crippen molar-refractivity contribution >= 4 is 11.6 Å². The Bertz CT molecular complexity index is 450. The molecule has 0 unspecified atom stereocenters. The van der Waals surface area contributed by atoms with E-state index in [1.54, 1.807) is 0 Å². The quantitative estimate of drug-likeness (QED) is 0.852. The molecule has 1 saturated carbocycles. The van der Waals surface area contributed by atoms with Crippen LogP contribution < -0.4 is 10.6 Å². The monoisotopic (exact) mass is 260 g/mol. The maximum atomic E-state index is 12.2. The van der Waals surface area contributed by atoms with Gasteiger partial charge in [0.2, 0.25) is 0 Å². The van der Waals surface area contributed by atoms with Gasteiger partial charge in [0.1, 0.15) is 0 Å². The van der Waals surface area contributed by atoms with Crippen LogP contribution in [-0.2, 0) is 0 Å². The second kappa shape index (κ2) is 6.09. The number of carbonyl (C=O) groups is 1. The van der Waals surface area contributed by atoms with Crippen LogP contribution in [0.1, 0.15) is 49.0 Å². The molecule has 1 amide bonds. The molecule has 1 aromatic rings. The van der Waals surface area contributed by atoms with Crippen LogP contribution in [-0.4, -0.2) is 18.5 Å². The molecule has 0 heterocycles. The molecular weight excluding hydrogens is 236 g/mol. The summed E-state index contributed by atoms with van der Waals surface area (Å²) in [6, 6.07) is 6.33. The maximum Gasteiger partial charge on any atom is 0.251 e. The first-order valence-electron chi connectivity index (χ1n) is 7.25. The van der Waals surface area contributed by atoms with E-state index in [1.165, 1.54) is 0 Å². The van der Waals surface area contributed by atoms with Gasteiger partial charge in [-0.2, -0.15) is 0 Å². The number of benzene rings is 1. The number of aryl methyl sites for hydroxylation is 1. The molecule has 0 atom stereocenters. The first-order valence-corrected chi connectivity index (χ1v) is 7.25. The van der Waals surface area contributed by atoms with E-state index in [0.29, 0.717) is 6.04 Å². The van der Waals surface area contributed by atoms with Gasteiger partial charge in [0.15, 0.2) is 0 Å². The second-order valence-electron chi connectivity index (χ2n) is 5.70. The maximum absolute atomic E-state index is 12.2. The Balaban J connectivity index is 1.97. The van der Waals surface area contributed by atoms with Crippen LogP contribution in [0.4, 0.5) is 5.69 Å². The summed E-state index contributed by atoms with van der Waals surface area (Å²) in [6.07, 6.45) is 3.32. The summed E-state index contributed by atoms with van der Waals surface area (Å²) < 4.78 is 0. The first kappa shape index (κ1) is 13.9. The van der Waals surface area contributed by atoms with Crippen LogP contribution in [0.5, 0.6) is 0 Å². The molecule has 3 nitrogen and oxygen atoms in total. The zero-order valence-corrected chi connectivity index (χ0v) is 12.1. The van der Waals surface area contributed by atoms with E-state index in [1.807, 2.05) is 25.1 Å². The molecule has 2 rings (SSSR count). The molecule has 1 aliphatic rings. The first-order chi connectivity index (χ1) is 9.10. The Hall–Kier alpha value is -1.51. The summed E-state index contributed by atoms with van der Waals surface area (Å²) in [7, 11) is 0. The Kier molecular flexibility index (Phi) is 4.46. The standard InChI is InChI=1S/C16H24N2O/c1-4-7-17-13-5-6-15(12(3)10-13)16(19)18-14-8-11(2)9-14/h5-6,10-11,14,17H,4,7-9H2,1-3H3,(H,18,19). The third-order valence-electron chi connectivity index (χ3n) is 3.76. The molecule has 1 fully saturated rings. The van der Waals surface area contributed by atoms with Gasteiger partial charge in [0, 0.05) is 23.8 Å². The highest BCUT2D eigenvalue weighted by molar-refractivity contribution is 5.96. The molecule has 0 spiro atoms. The zero-order valence-electron chi connectivity index (χ0n) is 12.1. The smallest absolute Gasteiger partial charge is 0.251 e. The zero-order chi connectivity index (χ0) is 13.8. The van der Waals surface area contributed by atoms with Crippen LogP contribution in [0.3, 0.4) is 0 Å². The summed E-state index contributed by atoms with van der Waals surface area (Å²) in [5.41, 5.74) is 2.92. The van der Waals surface area contributed by atoms with E-state index in [4.69, 9.17) is 0 Å². The van der Waals surface area contributed by atoms with E-state index in [-0.39, 0.29) is 5.91 Å². The average Bonchev–Trinajstić information content (AvgIpc) is 2.34. The highest BCUT2D eigenvalue weighted by Gasteiger charge is 2.27. The van der Waals surface area contributed by atoms with Crippen molar-refractivity contribution in [1.82, 2.24) is 5.32 Å². The number of amides is 1. The van der Waals surface area contributed by atoms with Gasteiger partial charge in [-0.1, -0.05) is 13.8 Å². The molecule has 104 valence electrons. The Morgan fingerprint density at radius 1 is 1.37 bits per heavy atom. The predicted molar refractivity (Wildman–Crippen MR) is 79.6 cm³/mol. The van der Waals surface area contributed by atoms with Gasteiger partial charge in [-0.25, -0.2) is 0 Å². The SMILES string of the molecule is CCCNc1ccc(C(=O)NC2CC(C)C2)c(C)c1. The molecule has 0 bridgehead atoms. The lowest BCUT2D eigenvalue weighted by Crippen LogP contribution is -2.43. The third-order valence-corrected chi connectivity index (χ3v) is 3.76. The van der Waals surface area contributed by atoms with Gasteiger partial charge >= 0.3 is 0 Å². The molecule has 1 aliphatic carbocycles.